The van der Waals surface area contributed by atoms with Crippen LogP contribution >= 0.6 is 0 Å². The van der Waals surface area contributed by atoms with Crippen LogP contribution in [0, 0.1) is 17.3 Å². The smallest absolute Gasteiger partial charge is 0.0380 e. The summed E-state index contributed by atoms with van der Waals surface area (Å²) in [6, 6.07) is 0. The largest absolute Gasteiger partial charge is 0.0654 e. The average molecular weight is 198 g/mol. The summed E-state index contributed by atoms with van der Waals surface area (Å²) in [5.41, 5.74) is 0.511. The van der Waals surface area contributed by atoms with E-state index in [9.17, 15) is 0 Å². The van der Waals surface area contributed by atoms with E-state index in [0.717, 1.165) is 11.8 Å². The first kappa shape index (κ1) is 14.0. The van der Waals surface area contributed by atoms with E-state index >= 15 is 0 Å². The van der Waals surface area contributed by atoms with Gasteiger partial charge < -0.3 is 0 Å². The maximum absolute atomic E-state index is 2.37. The van der Waals surface area contributed by atoms with Crippen LogP contribution in [-0.2, 0) is 0 Å². The second-order valence-corrected chi connectivity index (χ2v) is 6.39. The van der Waals surface area contributed by atoms with E-state index in [4.69, 9.17) is 0 Å². The summed E-state index contributed by atoms with van der Waals surface area (Å²) in [5.74, 6) is 1.83. The zero-order chi connectivity index (χ0) is 11.2. The summed E-state index contributed by atoms with van der Waals surface area (Å²) >= 11 is 0. The molecule has 14 heavy (non-hydrogen) atoms. The van der Waals surface area contributed by atoms with E-state index in [1.54, 1.807) is 0 Å². The predicted molar refractivity (Wildman–Crippen MR) is 66.5 cm³/mol. The Morgan fingerprint density at radius 2 is 1.50 bits per heavy atom. The van der Waals surface area contributed by atoms with Crippen molar-refractivity contribution in [2.24, 2.45) is 17.3 Å². The van der Waals surface area contributed by atoms with E-state index in [2.05, 4.69) is 41.5 Å². The van der Waals surface area contributed by atoms with Crippen molar-refractivity contribution in [1.82, 2.24) is 0 Å². The van der Waals surface area contributed by atoms with Crippen LogP contribution in [0.5, 0.6) is 0 Å². The molecular weight excluding hydrogens is 168 g/mol. The summed E-state index contributed by atoms with van der Waals surface area (Å²) in [7, 11) is 0. The average Bonchev–Trinajstić information content (AvgIpc) is 1.98. The van der Waals surface area contributed by atoms with Crippen LogP contribution in [0.25, 0.3) is 0 Å². The van der Waals surface area contributed by atoms with Crippen LogP contribution in [0.15, 0.2) is 0 Å². The summed E-state index contributed by atoms with van der Waals surface area (Å²) in [6.07, 6.45) is 7.00. The fourth-order valence-electron chi connectivity index (χ4n) is 2.19. The van der Waals surface area contributed by atoms with E-state index in [-0.39, 0.29) is 0 Å². The van der Waals surface area contributed by atoms with Gasteiger partial charge in [-0.05, 0) is 23.7 Å². The molecule has 0 nitrogen and oxygen atoms in total. The Morgan fingerprint density at radius 1 is 0.929 bits per heavy atom. The third kappa shape index (κ3) is 8.59. The molecule has 0 fully saturated rings. The Labute approximate surface area is 91.5 Å². The minimum absolute atomic E-state index is 0.511. The summed E-state index contributed by atoms with van der Waals surface area (Å²) < 4.78 is 0. The topological polar surface area (TPSA) is 0 Å². The molecule has 0 heterocycles. The summed E-state index contributed by atoms with van der Waals surface area (Å²) in [5, 5.41) is 0. The fraction of sp³-hybridized carbons (Fsp3) is 1.00. The maximum Gasteiger partial charge on any atom is -0.0380 e. The molecule has 0 rings (SSSR count). The van der Waals surface area contributed by atoms with Crippen molar-refractivity contribution in [2.45, 2.75) is 73.6 Å². The van der Waals surface area contributed by atoms with Crippen LogP contribution < -0.4 is 0 Å². The van der Waals surface area contributed by atoms with Gasteiger partial charge in [0.05, 0.1) is 0 Å². The van der Waals surface area contributed by atoms with E-state index in [0.29, 0.717) is 5.41 Å². The number of hydrogen-bond donors (Lipinski definition) is 0. The van der Waals surface area contributed by atoms with Crippen molar-refractivity contribution < 1.29 is 0 Å². The monoisotopic (exact) mass is 198 g/mol. The van der Waals surface area contributed by atoms with Crippen molar-refractivity contribution in [3.05, 3.63) is 0 Å². The normalized spacial score (nSPS) is 14.8. The lowest BCUT2D eigenvalue weighted by atomic mass is 9.80. The quantitative estimate of drug-likeness (QED) is 0.545. The molecule has 0 spiro atoms. The van der Waals surface area contributed by atoms with E-state index in [1.165, 1.54) is 32.1 Å². The van der Waals surface area contributed by atoms with Crippen LogP contribution in [0.1, 0.15) is 73.6 Å². The Bertz CT molecular complexity index is 127. The molecule has 1 unspecified atom stereocenters. The molecule has 0 N–H and O–H groups in total. The van der Waals surface area contributed by atoms with Crippen molar-refractivity contribution >= 4 is 0 Å². The zero-order valence-corrected chi connectivity index (χ0v) is 11.2. The van der Waals surface area contributed by atoms with Gasteiger partial charge in [0.25, 0.3) is 0 Å². The number of hydrogen-bond acceptors (Lipinski definition) is 0. The molecule has 0 aliphatic carbocycles. The standard InChI is InChI=1S/C14H30/c1-7-8-13(10-9-12(2)3)11-14(4,5)6/h12-13H,7-11H2,1-6H3. The summed E-state index contributed by atoms with van der Waals surface area (Å²) in [4.78, 5) is 0. The third-order valence-electron chi connectivity index (χ3n) is 2.75. The van der Waals surface area contributed by atoms with Crippen LogP contribution in [0.2, 0.25) is 0 Å². The second-order valence-electron chi connectivity index (χ2n) is 6.39. The molecule has 0 saturated carbocycles. The minimum Gasteiger partial charge on any atom is -0.0654 e. The van der Waals surface area contributed by atoms with Gasteiger partial charge in [-0.2, -0.15) is 0 Å². The molecular formula is C14H30. The molecule has 0 saturated heterocycles. The molecule has 86 valence electrons. The van der Waals surface area contributed by atoms with Crippen LogP contribution in [0.4, 0.5) is 0 Å². The molecule has 0 aromatic carbocycles. The zero-order valence-electron chi connectivity index (χ0n) is 11.2. The SMILES string of the molecule is CCCC(CCC(C)C)CC(C)(C)C. The lowest BCUT2D eigenvalue weighted by Crippen LogP contribution is -2.14. The highest BCUT2D eigenvalue weighted by Crippen LogP contribution is 2.30. The highest BCUT2D eigenvalue weighted by molar-refractivity contribution is 4.69. The van der Waals surface area contributed by atoms with Crippen molar-refractivity contribution in [1.29, 1.82) is 0 Å². The molecule has 0 aromatic rings. The lowest BCUT2D eigenvalue weighted by molar-refractivity contribution is 0.258. The first-order valence-corrected chi connectivity index (χ1v) is 6.35. The second kappa shape index (κ2) is 6.48. The van der Waals surface area contributed by atoms with Crippen molar-refractivity contribution in [3.8, 4) is 0 Å². The first-order chi connectivity index (χ1) is 6.35. The van der Waals surface area contributed by atoms with Crippen LogP contribution in [0.3, 0.4) is 0 Å². The van der Waals surface area contributed by atoms with Gasteiger partial charge in [0.1, 0.15) is 0 Å². The van der Waals surface area contributed by atoms with Crippen molar-refractivity contribution in [3.63, 3.8) is 0 Å². The Hall–Kier alpha value is 0. The van der Waals surface area contributed by atoms with Gasteiger partial charge in [0, 0.05) is 0 Å². The van der Waals surface area contributed by atoms with Gasteiger partial charge in [-0.1, -0.05) is 67.2 Å². The molecule has 0 bridgehead atoms. The summed E-state index contributed by atoms with van der Waals surface area (Å²) in [6.45, 7) is 14.1. The molecule has 0 amide bonds. The molecule has 1 atom stereocenters. The van der Waals surface area contributed by atoms with Gasteiger partial charge in [-0.15, -0.1) is 0 Å². The first-order valence-electron chi connectivity index (χ1n) is 6.35. The van der Waals surface area contributed by atoms with Gasteiger partial charge in [-0.3, -0.25) is 0 Å². The maximum atomic E-state index is 2.37. The van der Waals surface area contributed by atoms with Gasteiger partial charge >= 0.3 is 0 Å². The highest BCUT2D eigenvalue weighted by atomic mass is 14.2. The lowest BCUT2D eigenvalue weighted by Gasteiger charge is -2.26. The molecule has 0 aromatic heterocycles. The number of rotatable bonds is 6. The van der Waals surface area contributed by atoms with E-state index in [1.807, 2.05) is 0 Å². The Kier molecular flexibility index (Phi) is 6.48. The van der Waals surface area contributed by atoms with Gasteiger partial charge in [-0.25, -0.2) is 0 Å². The third-order valence-corrected chi connectivity index (χ3v) is 2.75. The Morgan fingerprint density at radius 3 is 1.86 bits per heavy atom. The predicted octanol–water partition coefficient (Wildman–Crippen LogP) is 5.28. The van der Waals surface area contributed by atoms with Crippen LogP contribution in [-0.4, -0.2) is 0 Å². The Balaban J connectivity index is 3.89. The highest BCUT2D eigenvalue weighted by Gasteiger charge is 2.18. The molecule has 0 heteroatoms. The van der Waals surface area contributed by atoms with Gasteiger partial charge in [0.2, 0.25) is 0 Å². The molecule has 0 radical (unpaired) electrons. The van der Waals surface area contributed by atoms with Gasteiger partial charge in [0.15, 0.2) is 0 Å². The molecule has 0 aliphatic heterocycles. The minimum atomic E-state index is 0.511. The van der Waals surface area contributed by atoms with E-state index < -0.39 is 0 Å². The molecule has 0 aliphatic rings. The fourth-order valence-corrected chi connectivity index (χ4v) is 2.19. The van der Waals surface area contributed by atoms with Crippen molar-refractivity contribution in [2.75, 3.05) is 0 Å².